The lowest BCUT2D eigenvalue weighted by atomic mass is 10.0. The van der Waals surface area contributed by atoms with E-state index in [1.165, 1.54) is 5.56 Å². The molecule has 0 bridgehead atoms. The van der Waals surface area contributed by atoms with Crippen LogP contribution in [0.5, 0.6) is 11.5 Å². The van der Waals surface area contributed by atoms with Gasteiger partial charge in [0.25, 0.3) is 0 Å². The van der Waals surface area contributed by atoms with E-state index in [1.807, 2.05) is 31.2 Å². The molecule has 2 aromatic rings. The maximum atomic E-state index is 5.70. The average molecular weight is 241 g/mol. The third-order valence-electron chi connectivity index (χ3n) is 3.02. The standard InChI is InChI=1S/C14H15N3O/c1-10-3-2-4-12(5-10)18-13-8-16-14(17-9-13)11-6-15-7-11/h2-5,8-9,11,15H,6-7H2,1H3. The number of rotatable bonds is 3. The Morgan fingerprint density at radius 3 is 2.56 bits per heavy atom. The minimum atomic E-state index is 0.456. The lowest BCUT2D eigenvalue weighted by molar-refractivity contribution is 0.424. The maximum absolute atomic E-state index is 5.70. The molecule has 0 unspecified atom stereocenters. The van der Waals surface area contributed by atoms with Crippen LogP contribution >= 0.6 is 0 Å². The largest absolute Gasteiger partial charge is 0.454 e. The zero-order chi connectivity index (χ0) is 12.4. The van der Waals surface area contributed by atoms with Crippen LogP contribution in [0.4, 0.5) is 0 Å². The summed E-state index contributed by atoms with van der Waals surface area (Å²) in [5.74, 6) is 2.84. The number of aryl methyl sites for hydroxylation is 1. The van der Waals surface area contributed by atoms with Crippen molar-refractivity contribution in [1.82, 2.24) is 15.3 Å². The fraction of sp³-hybridized carbons (Fsp3) is 0.286. The molecular formula is C14H15N3O. The van der Waals surface area contributed by atoms with E-state index in [-0.39, 0.29) is 0 Å². The molecule has 0 atom stereocenters. The first kappa shape index (κ1) is 11.2. The van der Waals surface area contributed by atoms with Gasteiger partial charge < -0.3 is 10.1 Å². The summed E-state index contributed by atoms with van der Waals surface area (Å²) in [5, 5.41) is 3.21. The van der Waals surface area contributed by atoms with Crippen LogP contribution in [0.15, 0.2) is 36.7 Å². The molecule has 0 saturated carbocycles. The van der Waals surface area contributed by atoms with Gasteiger partial charge in [0.05, 0.1) is 12.4 Å². The summed E-state index contributed by atoms with van der Waals surface area (Å²) in [6.07, 6.45) is 3.48. The normalized spacial score (nSPS) is 15.2. The third kappa shape index (κ3) is 2.33. The van der Waals surface area contributed by atoms with Gasteiger partial charge in [-0.05, 0) is 24.6 Å². The summed E-state index contributed by atoms with van der Waals surface area (Å²) < 4.78 is 5.70. The number of ether oxygens (including phenoxy) is 1. The average Bonchev–Trinajstić information content (AvgIpc) is 2.29. The minimum Gasteiger partial charge on any atom is -0.454 e. The van der Waals surface area contributed by atoms with Crippen LogP contribution in [0.1, 0.15) is 17.3 Å². The zero-order valence-corrected chi connectivity index (χ0v) is 10.3. The van der Waals surface area contributed by atoms with Crippen LogP contribution < -0.4 is 10.1 Å². The van der Waals surface area contributed by atoms with Crippen LogP contribution in [-0.4, -0.2) is 23.1 Å². The van der Waals surface area contributed by atoms with Crippen molar-refractivity contribution in [3.8, 4) is 11.5 Å². The van der Waals surface area contributed by atoms with Gasteiger partial charge in [-0.2, -0.15) is 0 Å². The van der Waals surface area contributed by atoms with E-state index in [9.17, 15) is 0 Å². The fourth-order valence-electron chi connectivity index (χ4n) is 1.88. The van der Waals surface area contributed by atoms with E-state index >= 15 is 0 Å². The van der Waals surface area contributed by atoms with Crippen LogP contribution in [-0.2, 0) is 0 Å². The highest BCUT2D eigenvalue weighted by molar-refractivity contribution is 5.31. The molecule has 4 nitrogen and oxygen atoms in total. The zero-order valence-electron chi connectivity index (χ0n) is 10.3. The number of hydrogen-bond donors (Lipinski definition) is 1. The molecule has 1 aromatic carbocycles. The lowest BCUT2D eigenvalue weighted by Gasteiger charge is -2.25. The summed E-state index contributed by atoms with van der Waals surface area (Å²) in [7, 11) is 0. The van der Waals surface area contributed by atoms with E-state index < -0.39 is 0 Å². The van der Waals surface area contributed by atoms with Crippen molar-refractivity contribution in [3.63, 3.8) is 0 Å². The molecule has 1 aliphatic rings. The molecule has 0 amide bonds. The fourth-order valence-corrected chi connectivity index (χ4v) is 1.88. The molecule has 1 aliphatic heterocycles. The van der Waals surface area contributed by atoms with Crippen molar-refractivity contribution in [2.24, 2.45) is 0 Å². The molecule has 1 saturated heterocycles. The first-order chi connectivity index (χ1) is 8.81. The first-order valence-corrected chi connectivity index (χ1v) is 6.08. The van der Waals surface area contributed by atoms with Gasteiger partial charge in [0, 0.05) is 19.0 Å². The monoisotopic (exact) mass is 241 g/mol. The number of nitrogens with one attached hydrogen (secondary N) is 1. The Kier molecular flexibility index (Phi) is 2.94. The summed E-state index contributed by atoms with van der Waals surface area (Å²) in [5.41, 5.74) is 1.17. The predicted octanol–water partition coefficient (Wildman–Crippen LogP) is 2.26. The van der Waals surface area contributed by atoms with E-state index in [1.54, 1.807) is 12.4 Å². The van der Waals surface area contributed by atoms with Gasteiger partial charge in [0.1, 0.15) is 11.6 Å². The predicted molar refractivity (Wildman–Crippen MR) is 68.9 cm³/mol. The highest BCUT2D eigenvalue weighted by atomic mass is 16.5. The van der Waals surface area contributed by atoms with Gasteiger partial charge in [-0.3, -0.25) is 0 Å². The molecule has 1 fully saturated rings. The molecule has 92 valence electrons. The van der Waals surface area contributed by atoms with Gasteiger partial charge in [-0.1, -0.05) is 12.1 Å². The van der Waals surface area contributed by atoms with E-state index in [2.05, 4.69) is 15.3 Å². The van der Waals surface area contributed by atoms with Gasteiger partial charge in [0.2, 0.25) is 0 Å². The van der Waals surface area contributed by atoms with Gasteiger partial charge in [-0.25, -0.2) is 9.97 Å². The molecule has 0 radical (unpaired) electrons. The second-order valence-corrected chi connectivity index (χ2v) is 4.55. The van der Waals surface area contributed by atoms with Crippen molar-refractivity contribution in [2.75, 3.05) is 13.1 Å². The van der Waals surface area contributed by atoms with Crippen molar-refractivity contribution in [1.29, 1.82) is 0 Å². The molecule has 0 aliphatic carbocycles. The Morgan fingerprint density at radius 2 is 1.94 bits per heavy atom. The van der Waals surface area contributed by atoms with Crippen molar-refractivity contribution < 1.29 is 4.74 Å². The smallest absolute Gasteiger partial charge is 0.164 e. The SMILES string of the molecule is Cc1cccc(Oc2cnc(C3CNC3)nc2)c1. The van der Waals surface area contributed by atoms with Crippen molar-refractivity contribution in [3.05, 3.63) is 48.0 Å². The summed E-state index contributed by atoms with van der Waals surface area (Å²) in [4.78, 5) is 8.69. The summed E-state index contributed by atoms with van der Waals surface area (Å²) in [6.45, 7) is 3.98. The van der Waals surface area contributed by atoms with E-state index in [0.717, 1.165) is 24.7 Å². The second kappa shape index (κ2) is 4.74. The van der Waals surface area contributed by atoms with Crippen LogP contribution in [0, 0.1) is 6.92 Å². The molecular weight excluding hydrogens is 226 g/mol. The number of nitrogens with zero attached hydrogens (tertiary/aromatic N) is 2. The van der Waals surface area contributed by atoms with E-state index in [4.69, 9.17) is 4.74 Å². The Balaban J connectivity index is 1.72. The van der Waals surface area contributed by atoms with Crippen molar-refractivity contribution in [2.45, 2.75) is 12.8 Å². The molecule has 2 heterocycles. The Morgan fingerprint density at radius 1 is 1.17 bits per heavy atom. The summed E-state index contributed by atoms with van der Waals surface area (Å²) in [6, 6.07) is 7.93. The molecule has 4 heteroatoms. The third-order valence-corrected chi connectivity index (χ3v) is 3.02. The van der Waals surface area contributed by atoms with Gasteiger partial charge in [-0.15, -0.1) is 0 Å². The van der Waals surface area contributed by atoms with Crippen LogP contribution in [0.2, 0.25) is 0 Å². The van der Waals surface area contributed by atoms with Crippen molar-refractivity contribution >= 4 is 0 Å². The Hall–Kier alpha value is -1.94. The van der Waals surface area contributed by atoms with Crippen LogP contribution in [0.3, 0.4) is 0 Å². The van der Waals surface area contributed by atoms with Gasteiger partial charge >= 0.3 is 0 Å². The maximum Gasteiger partial charge on any atom is 0.164 e. The molecule has 18 heavy (non-hydrogen) atoms. The molecule has 1 N–H and O–H groups in total. The molecule has 3 rings (SSSR count). The quantitative estimate of drug-likeness (QED) is 0.895. The summed E-state index contributed by atoms with van der Waals surface area (Å²) >= 11 is 0. The highest BCUT2D eigenvalue weighted by Gasteiger charge is 2.21. The number of aromatic nitrogens is 2. The van der Waals surface area contributed by atoms with Gasteiger partial charge in [0.15, 0.2) is 5.75 Å². The first-order valence-electron chi connectivity index (χ1n) is 6.08. The number of benzene rings is 1. The molecule has 1 aromatic heterocycles. The highest BCUT2D eigenvalue weighted by Crippen LogP contribution is 2.22. The van der Waals surface area contributed by atoms with E-state index in [0.29, 0.717) is 11.7 Å². The molecule has 0 spiro atoms. The van der Waals surface area contributed by atoms with Crippen LogP contribution in [0.25, 0.3) is 0 Å². The minimum absolute atomic E-state index is 0.456. The second-order valence-electron chi connectivity index (χ2n) is 4.55. The number of hydrogen-bond acceptors (Lipinski definition) is 4. The Bertz CT molecular complexity index is 535. The lowest BCUT2D eigenvalue weighted by Crippen LogP contribution is -2.40. The topological polar surface area (TPSA) is 47.0 Å². The Labute approximate surface area is 106 Å².